The van der Waals surface area contributed by atoms with E-state index in [0.717, 1.165) is 43.3 Å². The summed E-state index contributed by atoms with van der Waals surface area (Å²) in [6.07, 6.45) is 2.89. The molecule has 92 valence electrons. The summed E-state index contributed by atoms with van der Waals surface area (Å²) >= 11 is 0. The lowest BCUT2D eigenvalue weighted by molar-refractivity contribution is 0.490. The number of hydrogen-bond donors (Lipinski definition) is 1. The van der Waals surface area contributed by atoms with Gasteiger partial charge >= 0.3 is 0 Å². The first kappa shape index (κ1) is 11.9. The summed E-state index contributed by atoms with van der Waals surface area (Å²) < 4.78 is 7.78. The smallest absolute Gasteiger partial charge is 0.152 e. The van der Waals surface area contributed by atoms with Crippen LogP contribution in [-0.2, 0) is 13.1 Å². The summed E-state index contributed by atoms with van der Waals surface area (Å²) in [5.74, 6) is 1.86. The van der Waals surface area contributed by atoms with E-state index in [0.29, 0.717) is 0 Å². The SMILES string of the molecule is CCCn1nccc1-c1ccc(CNCC)o1. The van der Waals surface area contributed by atoms with Crippen LogP contribution in [-0.4, -0.2) is 16.3 Å². The van der Waals surface area contributed by atoms with Crippen LogP contribution in [0.5, 0.6) is 0 Å². The second-order valence-electron chi connectivity index (χ2n) is 3.99. The Hall–Kier alpha value is -1.55. The van der Waals surface area contributed by atoms with Gasteiger partial charge in [-0.2, -0.15) is 5.10 Å². The van der Waals surface area contributed by atoms with Gasteiger partial charge in [0.25, 0.3) is 0 Å². The van der Waals surface area contributed by atoms with Crippen molar-refractivity contribution in [3.8, 4) is 11.5 Å². The fourth-order valence-corrected chi connectivity index (χ4v) is 1.79. The van der Waals surface area contributed by atoms with Crippen molar-refractivity contribution < 1.29 is 4.42 Å². The lowest BCUT2D eigenvalue weighted by Gasteiger charge is -2.03. The molecule has 17 heavy (non-hydrogen) atoms. The summed E-state index contributed by atoms with van der Waals surface area (Å²) in [6.45, 7) is 6.87. The van der Waals surface area contributed by atoms with Crippen LogP contribution in [0.25, 0.3) is 11.5 Å². The van der Waals surface area contributed by atoms with Gasteiger partial charge in [-0.3, -0.25) is 4.68 Å². The van der Waals surface area contributed by atoms with Crippen molar-refractivity contribution >= 4 is 0 Å². The quantitative estimate of drug-likeness (QED) is 0.834. The third-order valence-corrected chi connectivity index (χ3v) is 2.62. The third kappa shape index (κ3) is 2.77. The summed E-state index contributed by atoms with van der Waals surface area (Å²) in [5, 5.41) is 7.54. The van der Waals surface area contributed by atoms with Gasteiger partial charge in [0.2, 0.25) is 0 Å². The molecular weight excluding hydrogens is 214 g/mol. The molecule has 2 aromatic heterocycles. The number of hydrogen-bond acceptors (Lipinski definition) is 3. The molecule has 0 bridgehead atoms. The number of aryl methyl sites for hydroxylation is 1. The van der Waals surface area contributed by atoms with Crippen molar-refractivity contribution in [2.75, 3.05) is 6.54 Å². The molecule has 0 aliphatic carbocycles. The predicted octanol–water partition coefficient (Wildman–Crippen LogP) is 2.66. The summed E-state index contributed by atoms with van der Waals surface area (Å²) in [6, 6.07) is 6.02. The molecule has 2 heterocycles. The molecule has 4 heteroatoms. The molecule has 0 saturated carbocycles. The zero-order valence-electron chi connectivity index (χ0n) is 10.4. The molecular formula is C13H19N3O. The van der Waals surface area contributed by atoms with E-state index in [9.17, 15) is 0 Å². The standard InChI is InChI=1S/C13H19N3O/c1-3-9-16-12(7-8-15-16)13-6-5-11(17-13)10-14-4-2/h5-8,14H,3-4,9-10H2,1-2H3. The highest BCUT2D eigenvalue weighted by Crippen LogP contribution is 2.22. The molecule has 4 nitrogen and oxygen atoms in total. The van der Waals surface area contributed by atoms with Gasteiger partial charge in [-0.25, -0.2) is 0 Å². The Morgan fingerprint density at radius 2 is 2.18 bits per heavy atom. The molecule has 0 radical (unpaired) electrons. The molecule has 2 aromatic rings. The highest BCUT2D eigenvalue weighted by atomic mass is 16.3. The molecule has 0 amide bonds. The molecule has 0 atom stereocenters. The maximum Gasteiger partial charge on any atom is 0.152 e. The number of rotatable bonds is 6. The van der Waals surface area contributed by atoms with Gasteiger partial charge in [-0.15, -0.1) is 0 Å². The van der Waals surface area contributed by atoms with Gasteiger partial charge in [0.05, 0.1) is 6.54 Å². The highest BCUT2D eigenvalue weighted by Gasteiger charge is 2.09. The molecule has 0 spiro atoms. The Bertz CT molecular complexity index is 459. The monoisotopic (exact) mass is 233 g/mol. The van der Waals surface area contributed by atoms with E-state index in [2.05, 4.69) is 24.3 Å². The van der Waals surface area contributed by atoms with Gasteiger partial charge in [-0.05, 0) is 31.2 Å². The Labute approximate surface area is 102 Å². The Morgan fingerprint density at radius 1 is 1.29 bits per heavy atom. The zero-order chi connectivity index (χ0) is 12.1. The van der Waals surface area contributed by atoms with Crippen molar-refractivity contribution in [3.63, 3.8) is 0 Å². The van der Waals surface area contributed by atoms with Gasteiger partial charge in [0, 0.05) is 12.7 Å². The first-order valence-electron chi connectivity index (χ1n) is 6.16. The van der Waals surface area contributed by atoms with Crippen molar-refractivity contribution in [3.05, 3.63) is 30.2 Å². The zero-order valence-corrected chi connectivity index (χ0v) is 10.4. The minimum atomic E-state index is 0.776. The van der Waals surface area contributed by atoms with Crippen LogP contribution in [0.3, 0.4) is 0 Å². The second-order valence-corrected chi connectivity index (χ2v) is 3.99. The maximum absolute atomic E-state index is 5.79. The highest BCUT2D eigenvalue weighted by molar-refractivity contribution is 5.52. The van der Waals surface area contributed by atoms with E-state index in [-0.39, 0.29) is 0 Å². The van der Waals surface area contributed by atoms with E-state index in [4.69, 9.17) is 4.42 Å². The minimum absolute atomic E-state index is 0.776. The molecule has 2 rings (SSSR count). The normalized spacial score (nSPS) is 10.9. The van der Waals surface area contributed by atoms with E-state index in [1.807, 2.05) is 29.1 Å². The second kappa shape index (κ2) is 5.68. The van der Waals surface area contributed by atoms with Crippen LogP contribution in [0.4, 0.5) is 0 Å². The van der Waals surface area contributed by atoms with Crippen LogP contribution in [0.1, 0.15) is 26.0 Å². The minimum Gasteiger partial charge on any atom is -0.458 e. The number of aromatic nitrogens is 2. The lowest BCUT2D eigenvalue weighted by Crippen LogP contribution is -2.10. The van der Waals surface area contributed by atoms with E-state index in [1.165, 1.54) is 0 Å². The first-order valence-corrected chi connectivity index (χ1v) is 6.16. The fraction of sp³-hybridized carbons (Fsp3) is 0.462. The molecule has 0 fully saturated rings. The maximum atomic E-state index is 5.79. The van der Waals surface area contributed by atoms with Crippen molar-refractivity contribution in [2.45, 2.75) is 33.4 Å². The third-order valence-electron chi connectivity index (χ3n) is 2.62. The Kier molecular flexibility index (Phi) is 3.98. The fourth-order valence-electron chi connectivity index (χ4n) is 1.79. The van der Waals surface area contributed by atoms with Crippen LogP contribution >= 0.6 is 0 Å². The number of nitrogens with zero attached hydrogens (tertiary/aromatic N) is 2. The average molecular weight is 233 g/mol. The molecule has 0 saturated heterocycles. The topological polar surface area (TPSA) is 43.0 Å². The van der Waals surface area contributed by atoms with E-state index >= 15 is 0 Å². The summed E-state index contributed by atoms with van der Waals surface area (Å²) in [5.41, 5.74) is 1.05. The predicted molar refractivity (Wildman–Crippen MR) is 67.6 cm³/mol. The largest absolute Gasteiger partial charge is 0.458 e. The van der Waals surface area contributed by atoms with Gasteiger partial charge in [0.15, 0.2) is 5.76 Å². The van der Waals surface area contributed by atoms with Crippen molar-refractivity contribution in [1.82, 2.24) is 15.1 Å². The average Bonchev–Trinajstić information content (AvgIpc) is 2.95. The molecule has 0 aliphatic heterocycles. The molecule has 0 aromatic carbocycles. The van der Waals surface area contributed by atoms with Crippen LogP contribution in [0.15, 0.2) is 28.8 Å². The first-order chi connectivity index (χ1) is 8.35. The summed E-state index contributed by atoms with van der Waals surface area (Å²) in [7, 11) is 0. The summed E-state index contributed by atoms with van der Waals surface area (Å²) in [4.78, 5) is 0. The lowest BCUT2D eigenvalue weighted by atomic mass is 10.3. The van der Waals surface area contributed by atoms with Gasteiger partial charge in [0.1, 0.15) is 11.5 Å². The van der Waals surface area contributed by atoms with Gasteiger partial charge in [-0.1, -0.05) is 13.8 Å². The van der Waals surface area contributed by atoms with Crippen LogP contribution in [0, 0.1) is 0 Å². The molecule has 0 aliphatic rings. The Balaban J connectivity index is 2.15. The number of furan rings is 1. The van der Waals surface area contributed by atoms with Gasteiger partial charge < -0.3 is 9.73 Å². The van der Waals surface area contributed by atoms with Crippen LogP contribution < -0.4 is 5.32 Å². The molecule has 0 unspecified atom stereocenters. The van der Waals surface area contributed by atoms with Crippen LogP contribution in [0.2, 0.25) is 0 Å². The Morgan fingerprint density at radius 3 is 2.94 bits per heavy atom. The van der Waals surface area contributed by atoms with E-state index in [1.54, 1.807) is 0 Å². The van der Waals surface area contributed by atoms with Crippen molar-refractivity contribution in [1.29, 1.82) is 0 Å². The van der Waals surface area contributed by atoms with Crippen molar-refractivity contribution in [2.24, 2.45) is 0 Å². The number of nitrogens with one attached hydrogen (secondary N) is 1. The van der Waals surface area contributed by atoms with E-state index < -0.39 is 0 Å². The molecule has 1 N–H and O–H groups in total.